The van der Waals surface area contributed by atoms with Crippen molar-refractivity contribution in [3.8, 4) is 32.0 Å². The lowest BCUT2D eigenvalue weighted by Crippen LogP contribution is -2.10. The van der Waals surface area contributed by atoms with Gasteiger partial charge in [0.15, 0.2) is 0 Å². The van der Waals surface area contributed by atoms with Crippen molar-refractivity contribution in [2.24, 2.45) is 0 Å². The Bertz CT molecular complexity index is 2650. The van der Waals surface area contributed by atoms with Gasteiger partial charge in [-0.25, -0.2) is 0 Å². The van der Waals surface area contributed by atoms with Gasteiger partial charge in [-0.15, -0.1) is 34.0 Å². The summed E-state index contributed by atoms with van der Waals surface area (Å²) in [5, 5.41) is 5.23. The molecule has 0 saturated heterocycles. The molecule has 0 unspecified atom stereocenters. The van der Waals surface area contributed by atoms with Crippen LogP contribution in [0, 0.1) is 0 Å². The second-order valence-corrected chi connectivity index (χ2v) is 15.8. The Hall–Kier alpha value is -5.52. The lowest BCUT2D eigenvalue weighted by molar-refractivity contribution is 1.28. The van der Waals surface area contributed by atoms with Crippen LogP contribution in [0.15, 0.2) is 176 Å². The fourth-order valence-electron chi connectivity index (χ4n) is 7.00. The van der Waals surface area contributed by atoms with Crippen LogP contribution in [-0.2, 0) is 0 Å². The van der Waals surface area contributed by atoms with Crippen LogP contribution in [0.5, 0.6) is 0 Å². The third kappa shape index (κ3) is 5.21. The quantitative estimate of drug-likeness (QED) is 0.168. The molecular weight excluding hydrogens is 663 g/mol. The minimum Gasteiger partial charge on any atom is -0.310 e. The van der Waals surface area contributed by atoms with Crippen LogP contribution in [0.2, 0.25) is 0 Å². The summed E-state index contributed by atoms with van der Waals surface area (Å²) in [6.07, 6.45) is 0. The van der Waals surface area contributed by atoms with Crippen molar-refractivity contribution in [3.63, 3.8) is 0 Å². The molecule has 10 aromatic rings. The lowest BCUT2D eigenvalue weighted by Gasteiger charge is -2.26. The van der Waals surface area contributed by atoms with E-state index in [1.807, 2.05) is 34.0 Å². The van der Waals surface area contributed by atoms with E-state index in [1.54, 1.807) is 0 Å². The van der Waals surface area contributed by atoms with E-state index in [1.165, 1.54) is 72.4 Å². The van der Waals surface area contributed by atoms with E-state index in [9.17, 15) is 0 Å². The normalized spacial score (nSPS) is 11.6. The third-order valence-electron chi connectivity index (χ3n) is 9.46. The van der Waals surface area contributed by atoms with Gasteiger partial charge in [0.1, 0.15) is 0 Å². The smallest absolute Gasteiger partial charge is 0.0468 e. The standard InChI is InChI=1S/C46H29NS3/c1-4-16-41-34(9-1)28-45(48-41)32-11-7-13-37(25-32)47(38-14-8-12-33(26-38)46-29-35-10-2-5-17-42(35)49-46)36-22-19-30(20-23-36)31-21-24-44-40(27-31)39-15-3-6-18-43(39)50-44/h1-29H. The average Bonchev–Trinajstić information content (AvgIpc) is 3.91. The Morgan fingerprint density at radius 1 is 0.300 bits per heavy atom. The zero-order valence-corrected chi connectivity index (χ0v) is 29.4. The largest absolute Gasteiger partial charge is 0.310 e. The molecule has 7 aromatic carbocycles. The van der Waals surface area contributed by atoms with E-state index in [0.717, 1.165) is 17.1 Å². The molecule has 0 amide bonds. The van der Waals surface area contributed by atoms with Crippen LogP contribution < -0.4 is 4.90 Å². The van der Waals surface area contributed by atoms with Crippen LogP contribution in [0.25, 0.3) is 72.4 Å². The molecule has 3 aromatic heterocycles. The SMILES string of the molecule is c1cc(-c2cc3ccccc3s2)cc(N(c2ccc(-c3ccc4sc5ccccc5c4c3)cc2)c2cccc(-c3cc4ccccc4s3)c2)c1. The summed E-state index contributed by atoms with van der Waals surface area (Å²) in [5.41, 5.74) is 8.28. The van der Waals surface area contributed by atoms with E-state index in [4.69, 9.17) is 0 Å². The zero-order chi connectivity index (χ0) is 33.0. The minimum atomic E-state index is 1.12. The number of rotatable bonds is 6. The summed E-state index contributed by atoms with van der Waals surface area (Å²) >= 11 is 5.56. The Kier molecular flexibility index (Phi) is 7.12. The molecule has 0 N–H and O–H groups in total. The van der Waals surface area contributed by atoms with Crippen molar-refractivity contribution in [1.82, 2.24) is 0 Å². The molecule has 3 heterocycles. The Balaban J connectivity index is 1.08. The van der Waals surface area contributed by atoms with Gasteiger partial charge in [0, 0.05) is 56.4 Å². The Morgan fingerprint density at radius 2 is 0.840 bits per heavy atom. The topological polar surface area (TPSA) is 3.24 Å². The van der Waals surface area contributed by atoms with E-state index in [2.05, 4.69) is 181 Å². The van der Waals surface area contributed by atoms with Gasteiger partial charge < -0.3 is 4.90 Å². The molecule has 0 aliphatic heterocycles. The van der Waals surface area contributed by atoms with Gasteiger partial charge in [0.25, 0.3) is 0 Å². The second kappa shape index (κ2) is 12.1. The molecule has 0 saturated carbocycles. The minimum absolute atomic E-state index is 1.12. The van der Waals surface area contributed by atoms with Gasteiger partial charge >= 0.3 is 0 Å². The first kappa shape index (κ1) is 29.4. The summed E-state index contributed by atoms with van der Waals surface area (Å²) in [4.78, 5) is 4.95. The zero-order valence-electron chi connectivity index (χ0n) is 26.9. The highest BCUT2D eigenvalue weighted by Crippen LogP contribution is 2.43. The highest BCUT2D eigenvalue weighted by Gasteiger charge is 2.16. The van der Waals surface area contributed by atoms with Crippen LogP contribution in [0.3, 0.4) is 0 Å². The van der Waals surface area contributed by atoms with E-state index >= 15 is 0 Å². The molecular formula is C46H29NS3. The molecule has 0 aliphatic rings. The summed E-state index contributed by atoms with van der Waals surface area (Å²) in [6, 6.07) is 64.5. The fraction of sp³-hybridized carbons (Fsp3) is 0. The van der Waals surface area contributed by atoms with Crippen LogP contribution in [-0.4, -0.2) is 0 Å². The molecule has 50 heavy (non-hydrogen) atoms. The first-order valence-corrected chi connectivity index (χ1v) is 19.2. The first-order chi connectivity index (χ1) is 24.7. The molecule has 0 atom stereocenters. The van der Waals surface area contributed by atoms with E-state index < -0.39 is 0 Å². The molecule has 0 aliphatic carbocycles. The maximum absolute atomic E-state index is 2.40. The van der Waals surface area contributed by atoms with Crippen molar-refractivity contribution >= 4 is 91.4 Å². The molecule has 236 valence electrons. The molecule has 0 bridgehead atoms. The van der Waals surface area contributed by atoms with E-state index in [-0.39, 0.29) is 0 Å². The number of anilines is 3. The van der Waals surface area contributed by atoms with Crippen LogP contribution in [0.1, 0.15) is 0 Å². The molecule has 4 heteroatoms. The Morgan fingerprint density at radius 3 is 1.46 bits per heavy atom. The van der Waals surface area contributed by atoms with Gasteiger partial charge in [-0.1, -0.05) is 97.1 Å². The number of fused-ring (bicyclic) bond motifs is 5. The summed E-state index contributed by atoms with van der Waals surface area (Å²) in [6.45, 7) is 0. The van der Waals surface area contributed by atoms with Gasteiger partial charge in [-0.2, -0.15) is 0 Å². The van der Waals surface area contributed by atoms with Crippen molar-refractivity contribution in [2.45, 2.75) is 0 Å². The first-order valence-electron chi connectivity index (χ1n) is 16.7. The molecule has 10 rings (SSSR count). The van der Waals surface area contributed by atoms with Crippen molar-refractivity contribution < 1.29 is 0 Å². The van der Waals surface area contributed by atoms with Crippen molar-refractivity contribution in [3.05, 3.63) is 176 Å². The highest BCUT2D eigenvalue weighted by molar-refractivity contribution is 7.25. The van der Waals surface area contributed by atoms with Crippen molar-refractivity contribution in [2.75, 3.05) is 4.90 Å². The van der Waals surface area contributed by atoms with Crippen LogP contribution >= 0.6 is 34.0 Å². The van der Waals surface area contributed by atoms with Gasteiger partial charge in [0.2, 0.25) is 0 Å². The molecule has 0 radical (unpaired) electrons. The fourth-order valence-corrected chi connectivity index (χ4v) is 10.2. The summed E-state index contributed by atoms with van der Waals surface area (Å²) in [5.74, 6) is 0. The summed E-state index contributed by atoms with van der Waals surface area (Å²) in [7, 11) is 0. The van der Waals surface area contributed by atoms with Gasteiger partial charge in [-0.3, -0.25) is 0 Å². The van der Waals surface area contributed by atoms with Gasteiger partial charge in [-0.05, 0) is 112 Å². The highest BCUT2D eigenvalue weighted by atomic mass is 32.1. The maximum Gasteiger partial charge on any atom is 0.0468 e. The second-order valence-electron chi connectivity index (χ2n) is 12.6. The molecule has 0 spiro atoms. The van der Waals surface area contributed by atoms with E-state index in [0.29, 0.717) is 0 Å². The summed E-state index contributed by atoms with van der Waals surface area (Å²) < 4.78 is 5.28. The number of hydrogen-bond acceptors (Lipinski definition) is 4. The number of thiophene rings is 3. The number of hydrogen-bond donors (Lipinski definition) is 0. The average molecular weight is 692 g/mol. The number of nitrogens with zero attached hydrogens (tertiary/aromatic N) is 1. The molecule has 1 nitrogen and oxygen atoms in total. The lowest BCUT2D eigenvalue weighted by atomic mass is 10.0. The van der Waals surface area contributed by atoms with Crippen LogP contribution in [0.4, 0.5) is 17.1 Å². The Labute approximate surface area is 302 Å². The third-order valence-corrected chi connectivity index (χ3v) is 12.9. The predicted octanol–water partition coefficient (Wildman–Crippen LogP) is 15.0. The maximum atomic E-state index is 2.40. The monoisotopic (exact) mass is 691 g/mol. The van der Waals surface area contributed by atoms with Gasteiger partial charge in [0.05, 0.1) is 0 Å². The molecule has 0 fully saturated rings. The number of benzene rings is 7. The van der Waals surface area contributed by atoms with Crippen molar-refractivity contribution in [1.29, 1.82) is 0 Å². The predicted molar refractivity (Wildman–Crippen MR) is 221 cm³/mol.